The van der Waals surface area contributed by atoms with Crippen molar-refractivity contribution in [3.63, 3.8) is 0 Å². The maximum atomic E-state index is 8.91. The van der Waals surface area contributed by atoms with Gasteiger partial charge in [-0.15, -0.1) is 0 Å². The summed E-state index contributed by atoms with van der Waals surface area (Å²) in [4.78, 5) is 0. The van der Waals surface area contributed by atoms with E-state index in [1.807, 2.05) is 19.1 Å². The maximum absolute atomic E-state index is 8.91. The first kappa shape index (κ1) is 13.9. The molecule has 19 heavy (non-hydrogen) atoms. The normalized spacial score (nSPS) is 22.8. The molecule has 0 amide bonds. The van der Waals surface area contributed by atoms with Gasteiger partial charge in [-0.3, -0.25) is 0 Å². The number of anilines is 1. The standard InChI is InChI=1S/C17H24N2/c1-13-4-3-5-15(10-13)8-9-19-17-7-6-16(12-18)14(2)11-17/h6-7,11,13,15,19H,3-5,8-10H2,1-2H3. The lowest BCUT2D eigenvalue weighted by atomic mass is 9.81. The van der Waals surface area contributed by atoms with E-state index >= 15 is 0 Å². The van der Waals surface area contributed by atoms with E-state index in [0.29, 0.717) is 0 Å². The van der Waals surface area contributed by atoms with E-state index in [0.717, 1.165) is 35.2 Å². The molecule has 0 radical (unpaired) electrons. The molecule has 1 saturated carbocycles. The van der Waals surface area contributed by atoms with Gasteiger partial charge in [0, 0.05) is 12.2 Å². The monoisotopic (exact) mass is 256 g/mol. The summed E-state index contributed by atoms with van der Waals surface area (Å²) in [5, 5.41) is 12.4. The summed E-state index contributed by atoms with van der Waals surface area (Å²) in [6.45, 7) is 5.42. The number of nitrogens with one attached hydrogen (secondary N) is 1. The predicted molar refractivity (Wildman–Crippen MR) is 80.1 cm³/mol. The molecule has 1 N–H and O–H groups in total. The first-order valence-electron chi connectivity index (χ1n) is 7.43. The lowest BCUT2D eigenvalue weighted by Crippen LogP contribution is -2.16. The molecule has 0 spiro atoms. The highest BCUT2D eigenvalue weighted by Crippen LogP contribution is 2.30. The fourth-order valence-corrected chi connectivity index (χ4v) is 3.14. The molecule has 2 heteroatoms. The van der Waals surface area contributed by atoms with Gasteiger partial charge in [0.1, 0.15) is 0 Å². The summed E-state index contributed by atoms with van der Waals surface area (Å²) in [5.41, 5.74) is 2.96. The Labute approximate surface area is 116 Å². The highest BCUT2D eigenvalue weighted by molar-refractivity contribution is 5.51. The molecule has 2 unspecified atom stereocenters. The summed E-state index contributed by atoms with van der Waals surface area (Å²) in [6, 6.07) is 8.19. The summed E-state index contributed by atoms with van der Waals surface area (Å²) >= 11 is 0. The van der Waals surface area contributed by atoms with Crippen molar-refractivity contribution >= 4 is 5.69 Å². The van der Waals surface area contributed by atoms with Gasteiger partial charge in [-0.2, -0.15) is 5.26 Å². The maximum Gasteiger partial charge on any atom is 0.0994 e. The van der Waals surface area contributed by atoms with Crippen LogP contribution in [0.5, 0.6) is 0 Å². The molecule has 0 aliphatic heterocycles. The molecule has 1 fully saturated rings. The summed E-state index contributed by atoms with van der Waals surface area (Å²) in [6.07, 6.45) is 6.89. The lowest BCUT2D eigenvalue weighted by Gasteiger charge is -2.26. The number of hydrogen-bond acceptors (Lipinski definition) is 2. The Morgan fingerprint density at radius 3 is 2.89 bits per heavy atom. The second-order valence-corrected chi connectivity index (χ2v) is 5.99. The first-order valence-corrected chi connectivity index (χ1v) is 7.43. The van der Waals surface area contributed by atoms with Crippen molar-refractivity contribution in [2.75, 3.05) is 11.9 Å². The minimum atomic E-state index is 0.770. The summed E-state index contributed by atoms with van der Waals surface area (Å²) in [5.74, 6) is 1.81. The van der Waals surface area contributed by atoms with Crippen LogP contribution < -0.4 is 5.32 Å². The zero-order valence-corrected chi connectivity index (χ0v) is 12.1. The molecule has 0 saturated heterocycles. The van der Waals surface area contributed by atoms with Crippen molar-refractivity contribution in [2.24, 2.45) is 11.8 Å². The number of benzene rings is 1. The Morgan fingerprint density at radius 2 is 2.21 bits per heavy atom. The third kappa shape index (κ3) is 3.99. The van der Waals surface area contributed by atoms with Crippen LogP contribution in [-0.2, 0) is 0 Å². The Morgan fingerprint density at radius 1 is 1.37 bits per heavy atom. The molecule has 2 rings (SSSR count). The van der Waals surface area contributed by atoms with Gasteiger partial charge in [-0.05, 0) is 55.4 Å². The average Bonchev–Trinajstić information content (AvgIpc) is 2.39. The van der Waals surface area contributed by atoms with Gasteiger partial charge in [0.15, 0.2) is 0 Å². The van der Waals surface area contributed by atoms with Crippen LogP contribution in [0.2, 0.25) is 0 Å². The Bertz CT molecular complexity index is 459. The highest BCUT2D eigenvalue weighted by atomic mass is 14.9. The van der Waals surface area contributed by atoms with Gasteiger partial charge < -0.3 is 5.32 Å². The van der Waals surface area contributed by atoms with Gasteiger partial charge in [0.25, 0.3) is 0 Å². The average molecular weight is 256 g/mol. The van der Waals surface area contributed by atoms with Crippen LogP contribution in [-0.4, -0.2) is 6.54 Å². The van der Waals surface area contributed by atoms with Gasteiger partial charge in [-0.1, -0.05) is 26.2 Å². The summed E-state index contributed by atoms with van der Waals surface area (Å²) in [7, 11) is 0. The number of nitrogens with zero attached hydrogens (tertiary/aromatic N) is 1. The molecule has 2 nitrogen and oxygen atoms in total. The van der Waals surface area contributed by atoms with Crippen molar-refractivity contribution in [3.05, 3.63) is 29.3 Å². The second kappa shape index (κ2) is 6.61. The van der Waals surface area contributed by atoms with Gasteiger partial charge in [0.05, 0.1) is 11.6 Å². The molecule has 2 atom stereocenters. The SMILES string of the molecule is Cc1cc(NCCC2CCCC(C)C2)ccc1C#N. The van der Waals surface area contributed by atoms with Crippen LogP contribution in [0.25, 0.3) is 0 Å². The molecule has 0 heterocycles. The minimum Gasteiger partial charge on any atom is -0.385 e. The molecular weight excluding hydrogens is 232 g/mol. The third-order valence-electron chi connectivity index (χ3n) is 4.27. The smallest absolute Gasteiger partial charge is 0.0994 e. The fourth-order valence-electron chi connectivity index (χ4n) is 3.14. The Kier molecular flexibility index (Phi) is 4.85. The van der Waals surface area contributed by atoms with E-state index in [-0.39, 0.29) is 0 Å². The van der Waals surface area contributed by atoms with E-state index in [9.17, 15) is 0 Å². The quantitative estimate of drug-likeness (QED) is 0.861. The molecule has 1 aromatic carbocycles. The van der Waals surface area contributed by atoms with Crippen molar-refractivity contribution in [1.29, 1.82) is 5.26 Å². The van der Waals surface area contributed by atoms with E-state index in [1.165, 1.54) is 32.1 Å². The lowest BCUT2D eigenvalue weighted by molar-refractivity contribution is 0.274. The molecule has 1 aliphatic rings. The van der Waals surface area contributed by atoms with Crippen LogP contribution in [0.4, 0.5) is 5.69 Å². The highest BCUT2D eigenvalue weighted by Gasteiger charge is 2.18. The molecule has 102 valence electrons. The number of aryl methyl sites for hydroxylation is 1. The summed E-state index contributed by atoms with van der Waals surface area (Å²) < 4.78 is 0. The van der Waals surface area contributed by atoms with Gasteiger partial charge >= 0.3 is 0 Å². The Hall–Kier alpha value is -1.49. The Balaban J connectivity index is 1.79. The van der Waals surface area contributed by atoms with Gasteiger partial charge in [-0.25, -0.2) is 0 Å². The number of nitriles is 1. The van der Waals surface area contributed by atoms with Crippen molar-refractivity contribution in [3.8, 4) is 6.07 Å². The first-order chi connectivity index (χ1) is 9.19. The molecule has 0 aromatic heterocycles. The second-order valence-electron chi connectivity index (χ2n) is 5.99. The van der Waals surface area contributed by atoms with Crippen molar-refractivity contribution < 1.29 is 0 Å². The zero-order valence-electron chi connectivity index (χ0n) is 12.1. The molecular formula is C17H24N2. The van der Waals surface area contributed by atoms with E-state index < -0.39 is 0 Å². The minimum absolute atomic E-state index is 0.770. The largest absolute Gasteiger partial charge is 0.385 e. The fraction of sp³-hybridized carbons (Fsp3) is 0.588. The zero-order chi connectivity index (χ0) is 13.7. The van der Waals surface area contributed by atoms with E-state index in [1.54, 1.807) is 0 Å². The molecule has 0 bridgehead atoms. The van der Waals surface area contributed by atoms with Gasteiger partial charge in [0.2, 0.25) is 0 Å². The van der Waals surface area contributed by atoms with Crippen LogP contribution >= 0.6 is 0 Å². The number of hydrogen-bond donors (Lipinski definition) is 1. The molecule has 1 aromatic rings. The third-order valence-corrected chi connectivity index (χ3v) is 4.27. The predicted octanol–water partition coefficient (Wildman–Crippen LogP) is 4.50. The number of rotatable bonds is 4. The topological polar surface area (TPSA) is 35.8 Å². The van der Waals surface area contributed by atoms with Crippen molar-refractivity contribution in [2.45, 2.75) is 46.0 Å². The van der Waals surface area contributed by atoms with Crippen molar-refractivity contribution in [1.82, 2.24) is 0 Å². The van der Waals surface area contributed by atoms with E-state index in [2.05, 4.69) is 24.4 Å². The van der Waals surface area contributed by atoms with Crippen LogP contribution in [0.15, 0.2) is 18.2 Å². The van der Waals surface area contributed by atoms with Crippen LogP contribution in [0, 0.1) is 30.1 Å². The van der Waals surface area contributed by atoms with E-state index in [4.69, 9.17) is 5.26 Å². The van der Waals surface area contributed by atoms with Crippen LogP contribution in [0.1, 0.15) is 50.2 Å². The molecule has 1 aliphatic carbocycles. The van der Waals surface area contributed by atoms with Crippen LogP contribution in [0.3, 0.4) is 0 Å².